The summed E-state index contributed by atoms with van der Waals surface area (Å²) < 4.78 is 1.64. The summed E-state index contributed by atoms with van der Waals surface area (Å²) in [6.07, 6.45) is 8.34. The number of hydrogen-bond acceptors (Lipinski definition) is 5. The molecule has 122 valence electrons. The summed E-state index contributed by atoms with van der Waals surface area (Å²) in [6.45, 7) is 2.10. The van der Waals surface area contributed by atoms with Crippen molar-refractivity contribution in [1.29, 1.82) is 0 Å². The average Bonchev–Trinajstić information content (AvgIpc) is 3.00. The number of carbonyl (C=O) groups is 1. The zero-order chi connectivity index (χ0) is 16.1. The summed E-state index contributed by atoms with van der Waals surface area (Å²) in [5.74, 6) is 0.698. The van der Waals surface area contributed by atoms with Gasteiger partial charge in [0.15, 0.2) is 5.82 Å². The molecule has 1 saturated heterocycles. The van der Waals surface area contributed by atoms with Crippen molar-refractivity contribution in [3.05, 3.63) is 42.2 Å². The number of nitrogens with zero attached hydrogens (tertiary/aromatic N) is 5. The third-order valence-electron chi connectivity index (χ3n) is 4.12. The predicted octanol–water partition coefficient (Wildman–Crippen LogP) is 0.881. The van der Waals surface area contributed by atoms with E-state index in [0.29, 0.717) is 12.4 Å². The Balaban J connectivity index is 1.59. The second-order valence-corrected chi connectivity index (χ2v) is 5.89. The van der Waals surface area contributed by atoms with Crippen molar-refractivity contribution in [2.45, 2.75) is 38.4 Å². The van der Waals surface area contributed by atoms with E-state index >= 15 is 0 Å². The van der Waals surface area contributed by atoms with Crippen molar-refractivity contribution in [3.63, 3.8) is 0 Å². The molecule has 1 atom stereocenters. The van der Waals surface area contributed by atoms with Gasteiger partial charge in [-0.1, -0.05) is 6.42 Å². The van der Waals surface area contributed by atoms with Crippen molar-refractivity contribution in [2.24, 2.45) is 7.05 Å². The molecule has 0 saturated carbocycles. The number of aromatic nitrogens is 4. The molecule has 2 aromatic heterocycles. The number of aryl methyl sites for hydroxylation is 1. The van der Waals surface area contributed by atoms with Gasteiger partial charge in [-0.05, 0) is 37.1 Å². The van der Waals surface area contributed by atoms with Gasteiger partial charge in [0.2, 0.25) is 5.91 Å². The first kappa shape index (κ1) is 15.6. The van der Waals surface area contributed by atoms with Gasteiger partial charge in [0, 0.05) is 26.0 Å². The van der Waals surface area contributed by atoms with Gasteiger partial charge >= 0.3 is 0 Å². The summed E-state index contributed by atoms with van der Waals surface area (Å²) in [4.78, 5) is 23.0. The second-order valence-electron chi connectivity index (χ2n) is 5.89. The Kier molecular flexibility index (Phi) is 4.97. The molecule has 1 N–H and O–H groups in total. The lowest BCUT2D eigenvalue weighted by Crippen LogP contribution is -2.48. The highest BCUT2D eigenvalue weighted by molar-refractivity contribution is 5.81. The Morgan fingerprint density at radius 2 is 2.17 bits per heavy atom. The van der Waals surface area contributed by atoms with E-state index < -0.39 is 0 Å². The maximum absolute atomic E-state index is 12.6. The molecule has 2 aromatic rings. The van der Waals surface area contributed by atoms with Gasteiger partial charge in [0.05, 0.1) is 12.6 Å². The minimum atomic E-state index is -0.0828. The predicted molar refractivity (Wildman–Crippen MR) is 85.1 cm³/mol. The van der Waals surface area contributed by atoms with Gasteiger partial charge in [-0.2, -0.15) is 5.10 Å². The van der Waals surface area contributed by atoms with E-state index in [-0.39, 0.29) is 11.9 Å². The monoisotopic (exact) mass is 314 g/mol. The summed E-state index contributed by atoms with van der Waals surface area (Å²) in [7, 11) is 1.82. The molecule has 0 bridgehead atoms. The van der Waals surface area contributed by atoms with E-state index in [2.05, 4.69) is 25.3 Å². The van der Waals surface area contributed by atoms with Gasteiger partial charge < -0.3 is 5.32 Å². The van der Waals surface area contributed by atoms with E-state index in [4.69, 9.17) is 0 Å². The molecule has 0 spiro atoms. The zero-order valence-electron chi connectivity index (χ0n) is 13.4. The lowest BCUT2D eigenvalue weighted by atomic mass is 10.0. The van der Waals surface area contributed by atoms with E-state index in [1.165, 1.54) is 5.56 Å². The molecule has 0 aliphatic carbocycles. The van der Waals surface area contributed by atoms with Crippen LogP contribution in [0.1, 0.15) is 30.7 Å². The Morgan fingerprint density at radius 1 is 1.35 bits per heavy atom. The van der Waals surface area contributed by atoms with Crippen LogP contribution < -0.4 is 5.32 Å². The van der Waals surface area contributed by atoms with Crippen molar-refractivity contribution in [3.8, 4) is 0 Å². The third-order valence-corrected chi connectivity index (χ3v) is 4.12. The first-order chi connectivity index (χ1) is 11.2. The van der Waals surface area contributed by atoms with Gasteiger partial charge in [-0.15, -0.1) is 0 Å². The van der Waals surface area contributed by atoms with Crippen LogP contribution in [0.15, 0.2) is 30.9 Å². The largest absolute Gasteiger partial charge is 0.347 e. The Hall–Kier alpha value is -2.28. The summed E-state index contributed by atoms with van der Waals surface area (Å²) in [5, 5.41) is 7.15. The van der Waals surface area contributed by atoms with Crippen molar-refractivity contribution < 1.29 is 4.79 Å². The molecule has 0 radical (unpaired) electrons. The lowest BCUT2D eigenvalue weighted by Gasteiger charge is -2.34. The van der Waals surface area contributed by atoms with E-state index in [1.807, 2.05) is 19.2 Å². The molecule has 7 nitrogen and oxygen atoms in total. The average molecular weight is 314 g/mol. The van der Waals surface area contributed by atoms with Crippen LogP contribution in [0.3, 0.4) is 0 Å². The maximum atomic E-state index is 12.6. The smallest absolute Gasteiger partial charge is 0.237 e. The number of rotatable bonds is 5. The highest BCUT2D eigenvalue weighted by atomic mass is 16.2. The third kappa shape index (κ3) is 4.13. The number of likely N-dealkylation sites (tertiary alicyclic amines) is 1. The van der Waals surface area contributed by atoms with Crippen LogP contribution in [-0.2, 0) is 24.9 Å². The number of hydrogen-bond donors (Lipinski definition) is 1. The van der Waals surface area contributed by atoms with E-state index in [9.17, 15) is 4.79 Å². The number of amides is 1. The molecular weight excluding hydrogens is 292 g/mol. The highest BCUT2D eigenvalue weighted by Gasteiger charge is 2.28. The maximum Gasteiger partial charge on any atom is 0.237 e. The van der Waals surface area contributed by atoms with Gasteiger partial charge in [-0.25, -0.2) is 4.98 Å². The highest BCUT2D eigenvalue weighted by Crippen LogP contribution is 2.19. The quantitative estimate of drug-likeness (QED) is 0.886. The van der Waals surface area contributed by atoms with Crippen LogP contribution in [-0.4, -0.2) is 43.1 Å². The standard InChI is InChI=1S/C16H22N6O/c1-21-12-19-15(20-21)10-18-16(23)14-4-2-3-9-22(14)11-13-5-7-17-8-6-13/h5-8,12,14H,2-4,9-11H2,1H3,(H,18,23). The molecule has 0 aromatic carbocycles. The Bertz CT molecular complexity index is 641. The molecule has 1 aliphatic rings. The van der Waals surface area contributed by atoms with E-state index in [0.717, 1.165) is 32.4 Å². The fourth-order valence-corrected chi connectivity index (χ4v) is 2.95. The van der Waals surface area contributed by atoms with Crippen LogP contribution in [0.4, 0.5) is 0 Å². The number of pyridine rings is 1. The van der Waals surface area contributed by atoms with Crippen molar-refractivity contribution in [2.75, 3.05) is 6.54 Å². The molecular formula is C16H22N6O. The molecule has 7 heteroatoms. The Labute approximate surface area is 135 Å². The van der Waals surface area contributed by atoms with Crippen molar-refractivity contribution >= 4 is 5.91 Å². The molecule has 1 unspecified atom stereocenters. The SMILES string of the molecule is Cn1cnc(CNC(=O)C2CCCCN2Cc2ccncc2)n1. The molecule has 3 rings (SSSR count). The molecule has 23 heavy (non-hydrogen) atoms. The summed E-state index contributed by atoms with van der Waals surface area (Å²) in [5.41, 5.74) is 1.19. The van der Waals surface area contributed by atoms with Gasteiger partial charge in [-0.3, -0.25) is 19.4 Å². The van der Waals surface area contributed by atoms with Crippen LogP contribution in [0.25, 0.3) is 0 Å². The molecule has 1 aliphatic heterocycles. The van der Waals surface area contributed by atoms with Gasteiger partial charge in [0.1, 0.15) is 6.33 Å². The molecule has 3 heterocycles. The van der Waals surface area contributed by atoms with Crippen LogP contribution in [0.5, 0.6) is 0 Å². The minimum absolute atomic E-state index is 0.0613. The fraction of sp³-hybridized carbons (Fsp3) is 0.500. The van der Waals surface area contributed by atoms with Crippen LogP contribution in [0, 0.1) is 0 Å². The normalized spacial score (nSPS) is 18.7. The first-order valence-corrected chi connectivity index (χ1v) is 7.97. The van der Waals surface area contributed by atoms with E-state index in [1.54, 1.807) is 23.4 Å². The number of carbonyl (C=O) groups excluding carboxylic acids is 1. The molecule has 1 amide bonds. The number of piperidine rings is 1. The number of nitrogens with one attached hydrogen (secondary N) is 1. The lowest BCUT2D eigenvalue weighted by molar-refractivity contribution is -0.128. The molecule has 1 fully saturated rings. The summed E-state index contributed by atoms with van der Waals surface area (Å²) >= 11 is 0. The minimum Gasteiger partial charge on any atom is -0.347 e. The summed E-state index contributed by atoms with van der Waals surface area (Å²) in [6, 6.07) is 3.92. The van der Waals surface area contributed by atoms with Crippen LogP contribution in [0.2, 0.25) is 0 Å². The van der Waals surface area contributed by atoms with Crippen molar-refractivity contribution in [1.82, 2.24) is 30.0 Å². The zero-order valence-corrected chi connectivity index (χ0v) is 13.4. The first-order valence-electron chi connectivity index (χ1n) is 7.97. The topological polar surface area (TPSA) is 75.9 Å². The fourth-order valence-electron chi connectivity index (χ4n) is 2.95. The Morgan fingerprint density at radius 3 is 2.91 bits per heavy atom. The van der Waals surface area contributed by atoms with Crippen LogP contribution >= 0.6 is 0 Å². The second kappa shape index (κ2) is 7.32. The van der Waals surface area contributed by atoms with Gasteiger partial charge in [0.25, 0.3) is 0 Å².